The number of ether oxygens (including phenoxy) is 1. The summed E-state index contributed by atoms with van der Waals surface area (Å²) in [4.78, 5) is 11.8. The first-order valence-corrected chi connectivity index (χ1v) is 9.50. The van der Waals surface area contributed by atoms with Crippen LogP contribution in [0.25, 0.3) is 0 Å². The zero-order valence-electron chi connectivity index (χ0n) is 12.8. The highest BCUT2D eigenvalue weighted by Gasteiger charge is 2.33. The van der Waals surface area contributed by atoms with Gasteiger partial charge >= 0.3 is 5.97 Å². The molecule has 0 saturated carbocycles. The van der Waals surface area contributed by atoms with Crippen LogP contribution >= 0.6 is 16.1 Å². The Morgan fingerprint density at radius 3 is 2.54 bits per heavy atom. The predicted molar refractivity (Wildman–Crippen MR) is 89.0 cm³/mol. The summed E-state index contributed by atoms with van der Waals surface area (Å²) >= 11 is 2.87. The molecule has 1 atom stereocenters. The van der Waals surface area contributed by atoms with Crippen molar-refractivity contribution in [1.29, 1.82) is 0 Å². The number of benzene rings is 1. The summed E-state index contributed by atoms with van der Waals surface area (Å²) in [5.74, 6) is -2.33. The highest BCUT2D eigenvalue weighted by atomic mass is 79.9. The Hall–Kier alpha value is -1.48. The third kappa shape index (κ3) is 4.13. The molecule has 0 aromatic heterocycles. The Kier molecular flexibility index (Phi) is 5.97. The first-order chi connectivity index (χ1) is 11.3. The van der Waals surface area contributed by atoms with E-state index in [2.05, 4.69) is 16.1 Å². The van der Waals surface area contributed by atoms with E-state index in [0.717, 1.165) is 12.1 Å². The standard InChI is InChI=1S/C15H16BrF2NO4S/c1-2-23-15(20)10-4-3-5-14(6-10)24(21,22)19(16)13-8-11(17)7-12(18)9-13/h6-9,14H,2-5H2,1H3. The van der Waals surface area contributed by atoms with Crippen LogP contribution in [0.2, 0.25) is 0 Å². The van der Waals surface area contributed by atoms with Crippen molar-refractivity contribution in [2.75, 3.05) is 9.94 Å². The van der Waals surface area contributed by atoms with Crippen molar-refractivity contribution < 1.29 is 26.7 Å². The second-order valence-corrected chi connectivity index (χ2v) is 8.41. The molecule has 1 aromatic carbocycles. The molecule has 5 nitrogen and oxygen atoms in total. The van der Waals surface area contributed by atoms with Crippen LogP contribution in [0.5, 0.6) is 0 Å². The van der Waals surface area contributed by atoms with Crippen LogP contribution in [-0.2, 0) is 19.6 Å². The zero-order valence-corrected chi connectivity index (χ0v) is 15.2. The van der Waals surface area contributed by atoms with Gasteiger partial charge in [0.15, 0.2) is 0 Å². The maximum atomic E-state index is 13.3. The van der Waals surface area contributed by atoms with Crippen molar-refractivity contribution in [3.8, 4) is 0 Å². The molecule has 0 fully saturated rings. The van der Waals surface area contributed by atoms with Crippen LogP contribution in [0.1, 0.15) is 26.2 Å². The molecule has 9 heteroatoms. The summed E-state index contributed by atoms with van der Waals surface area (Å²) in [7, 11) is -4.00. The van der Waals surface area contributed by atoms with Crippen molar-refractivity contribution in [2.45, 2.75) is 31.4 Å². The van der Waals surface area contributed by atoms with Gasteiger partial charge in [0.1, 0.15) is 16.9 Å². The number of esters is 1. The number of sulfonamides is 1. The van der Waals surface area contributed by atoms with Crippen LogP contribution in [0, 0.1) is 11.6 Å². The van der Waals surface area contributed by atoms with Crippen molar-refractivity contribution in [1.82, 2.24) is 0 Å². The molecular weight excluding hydrogens is 408 g/mol. The summed E-state index contributed by atoms with van der Waals surface area (Å²) in [6.07, 6.45) is 2.57. The Bertz CT molecular complexity index is 746. The van der Waals surface area contributed by atoms with E-state index in [1.165, 1.54) is 6.08 Å². The van der Waals surface area contributed by atoms with E-state index in [1.54, 1.807) is 6.92 Å². The highest BCUT2D eigenvalue weighted by Crippen LogP contribution is 2.31. The van der Waals surface area contributed by atoms with Crippen LogP contribution in [-0.4, -0.2) is 26.2 Å². The third-order valence-electron chi connectivity index (χ3n) is 3.52. The zero-order chi connectivity index (χ0) is 17.9. The molecule has 0 saturated heterocycles. The number of hydrogen-bond acceptors (Lipinski definition) is 4. The van der Waals surface area contributed by atoms with Crippen LogP contribution < -0.4 is 3.33 Å². The molecular formula is C15H16BrF2NO4S. The van der Waals surface area contributed by atoms with Gasteiger partial charge in [-0.2, -0.15) is 0 Å². The normalized spacial score (nSPS) is 18.0. The van der Waals surface area contributed by atoms with Crippen LogP contribution in [0.3, 0.4) is 0 Å². The molecule has 1 aromatic rings. The van der Waals surface area contributed by atoms with E-state index in [4.69, 9.17) is 4.74 Å². The van der Waals surface area contributed by atoms with Gasteiger partial charge in [0, 0.05) is 11.6 Å². The van der Waals surface area contributed by atoms with Gasteiger partial charge in [-0.25, -0.2) is 25.3 Å². The lowest BCUT2D eigenvalue weighted by atomic mass is 9.99. The highest BCUT2D eigenvalue weighted by molar-refractivity contribution is 9.11. The molecule has 0 amide bonds. The van der Waals surface area contributed by atoms with Gasteiger partial charge in [-0.05, 0) is 38.3 Å². The number of anilines is 1. The Labute approximate surface area is 147 Å². The van der Waals surface area contributed by atoms with E-state index in [1.807, 2.05) is 0 Å². The largest absolute Gasteiger partial charge is 0.463 e. The molecule has 24 heavy (non-hydrogen) atoms. The van der Waals surface area contributed by atoms with Gasteiger partial charge < -0.3 is 4.74 Å². The quantitative estimate of drug-likeness (QED) is 0.537. The van der Waals surface area contributed by atoms with E-state index < -0.39 is 32.9 Å². The fraction of sp³-hybridized carbons (Fsp3) is 0.400. The molecule has 1 aliphatic rings. The third-order valence-corrected chi connectivity index (χ3v) is 6.93. The van der Waals surface area contributed by atoms with Crippen LogP contribution in [0.4, 0.5) is 14.5 Å². The molecule has 2 rings (SSSR count). The number of carbonyl (C=O) groups excluding carboxylic acids is 1. The molecule has 1 aliphatic carbocycles. The minimum atomic E-state index is -4.00. The summed E-state index contributed by atoms with van der Waals surface area (Å²) in [5, 5.41) is -0.989. The maximum absolute atomic E-state index is 13.3. The lowest BCUT2D eigenvalue weighted by molar-refractivity contribution is -0.138. The van der Waals surface area contributed by atoms with E-state index in [9.17, 15) is 22.0 Å². The summed E-state index contributed by atoms with van der Waals surface area (Å²) in [6.45, 7) is 1.86. The van der Waals surface area contributed by atoms with Crippen molar-refractivity contribution in [2.24, 2.45) is 0 Å². The van der Waals surface area contributed by atoms with Crippen molar-refractivity contribution in [3.63, 3.8) is 0 Å². The number of carbonyl (C=O) groups is 1. The fourth-order valence-electron chi connectivity index (χ4n) is 2.42. The lowest BCUT2D eigenvalue weighted by Crippen LogP contribution is -2.33. The minimum Gasteiger partial charge on any atom is -0.463 e. The summed E-state index contributed by atoms with van der Waals surface area (Å²) in [6, 6.07) is 2.44. The minimum absolute atomic E-state index is 0.191. The van der Waals surface area contributed by atoms with Gasteiger partial charge in [-0.1, -0.05) is 6.08 Å². The Balaban J connectivity index is 2.31. The van der Waals surface area contributed by atoms with Gasteiger partial charge in [-0.3, -0.25) is 0 Å². The van der Waals surface area contributed by atoms with Crippen molar-refractivity contribution in [3.05, 3.63) is 41.5 Å². The van der Waals surface area contributed by atoms with E-state index in [-0.39, 0.29) is 12.3 Å². The molecule has 0 N–H and O–H groups in total. The second kappa shape index (κ2) is 7.60. The molecule has 0 spiro atoms. The first kappa shape index (κ1) is 18.9. The molecule has 0 bridgehead atoms. The predicted octanol–water partition coefficient (Wildman–Crippen LogP) is 3.45. The Morgan fingerprint density at radius 2 is 1.96 bits per heavy atom. The van der Waals surface area contributed by atoms with Gasteiger partial charge in [0.2, 0.25) is 0 Å². The lowest BCUT2D eigenvalue weighted by Gasteiger charge is -2.25. The first-order valence-electron chi connectivity index (χ1n) is 7.29. The molecule has 0 heterocycles. The summed E-state index contributed by atoms with van der Waals surface area (Å²) in [5.41, 5.74) is 0.104. The number of nitrogens with zero attached hydrogens (tertiary/aromatic N) is 1. The fourth-order valence-corrected chi connectivity index (χ4v) is 4.71. The Morgan fingerprint density at radius 1 is 1.33 bits per heavy atom. The second-order valence-electron chi connectivity index (χ2n) is 5.23. The molecule has 1 unspecified atom stereocenters. The average molecular weight is 424 g/mol. The topological polar surface area (TPSA) is 63.7 Å². The van der Waals surface area contributed by atoms with Gasteiger partial charge in [0.25, 0.3) is 10.0 Å². The van der Waals surface area contributed by atoms with Gasteiger partial charge in [-0.15, -0.1) is 0 Å². The maximum Gasteiger partial charge on any atom is 0.333 e. The molecule has 0 radical (unpaired) electrons. The average Bonchev–Trinajstić information content (AvgIpc) is 2.53. The van der Waals surface area contributed by atoms with E-state index in [0.29, 0.717) is 34.2 Å². The van der Waals surface area contributed by atoms with E-state index >= 15 is 0 Å². The molecule has 132 valence electrons. The number of halogens is 3. The summed E-state index contributed by atoms with van der Waals surface area (Å²) < 4.78 is 57.5. The number of rotatable bonds is 5. The molecule has 0 aliphatic heterocycles. The monoisotopic (exact) mass is 423 g/mol. The van der Waals surface area contributed by atoms with Crippen molar-refractivity contribution >= 4 is 37.8 Å². The van der Waals surface area contributed by atoms with Crippen LogP contribution in [0.15, 0.2) is 29.8 Å². The van der Waals surface area contributed by atoms with Gasteiger partial charge in [0.05, 0.1) is 28.4 Å². The number of hydrogen-bond donors (Lipinski definition) is 0. The SMILES string of the molecule is CCOC(=O)C1=CC(S(=O)(=O)N(Br)c2cc(F)cc(F)c2)CCC1. The smallest absolute Gasteiger partial charge is 0.333 e.